The van der Waals surface area contributed by atoms with Crippen LogP contribution in [0.25, 0.3) is 11.0 Å². The summed E-state index contributed by atoms with van der Waals surface area (Å²) in [4.78, 5) is 12.6. The fourth-order valence-electron chi connectivity index (χ4n) is 2.22. The van der Waals surface area contributed by atoms with Crippen LogP contribution in [0.15, 0.2) is 40.9 Å². The van der Waals surface area contributed by atoms with Gasteiger partial charge in [-0.3, -0.25) is 4.79 Å². The minimum Gasteiger partial charge on any atom is -0.508 e. The highest BCUT2D eigenvalue weighted by Crippen LogP contribution is 2.26. The summed E-state index contributed by atoms with van der Waals surface area (Å²) in [7, 11) is 0. The molecule has 0 atom stereocenters. The first kappa shape index (κ1) is 12.4. The predicted molar refractivity (Wildman–Crippen MR) is 75.0 cm³/mol. The van der Waals surface area contributed by atoms with Gasteiger partial charge in [0.1, 0.15) is 5.75 Å². The van der Waals surface area contributed by atoms with Gasteiger partial charge >= 0.3 is 0 Å². The number of benzene rings is 2. The van der Waals surface area contributed by atoms with E-state index in [-0.39, 0.29) is 11.5 Å². The zero-order valence-electron chi connectivity index (χ0n) is 11.2. The van der Waals surface area contributed by atoms with Gasteiger partial charge in [0.15, 0.2) is 11.3 Å². The van der Waals surface area contributed by atoms with Gasteiger partial charge in [0.25, 0.3) is 0 Å². The molecule has 0 radical (unpaired) electrons. The molecule has 1 aromatic heterocycles. The van der Waals surface area contributed by atoms with Crippen molar-refractivity contribution in [3.8, 4) is 5.75 Å². The molecule has 2 aromatic carbocycles. The van der Waals surface area contributed by atoms with Crippen LogP contribution < -0.4 is 0 Å². The van der Waals surface area contributed by atoms with E-state index >= 15 is 0 Å². The van der Waals surface area contributed by atoms with Crippen LogP contribution in [0.1, 0.15) is 27.2 Å². The van der Waals surface area contributed by atoms with Gasteiger partial charge in [-0.05, 0) is 49.2 Å². The number of phenols is 1. The van der Waals surface area contributed by atoms with E-state index in [2.05, 4.69) is 5.16 Å². The molecular formula is C16H13NO3. The van der Waals surface area contributed by atoms with Gasteiger partial charge in [0.05, 0.1) is 5.39 Å². The second-order valence-corrected chi connectivity index (χ2v) is 4.81. The first-order valence-corrected chi connectivity index (χ1v) is 6.27. The lowest BCUT2D eigenvalue weighted by Crippen LogP contribution is -2.05. The molecule has 0 unspecified atom stereocenters. The van der Waals surface area contributed by atoms with Gasteiger partial charge in [-0.2, -0.15) is 0 Å². The summed E-state index contributed by atoms with van der Waals surface area (Å²) in [5.74, 6) is -0.0142. The molecule has 3 aromatic rings. The monoisotopic (exact) mass is 267 g/mol. The number of nitrogens with zero attached hydrogens (tertiary/aromatic N) is 1. The third kappa shape index (κ3) is 1.86. The molecule has 3 rings (SSSR count). The number of carbonyl (C=O) groups excluding carboxylic acids is 1. The highest BCUT2D eigenvalue weighted by atomic mass is 16.5. The maximum atomic E-state index is 12.6. The van der Waals surface area contributed by atoms with Crippen molar-refractivity contribution in [3.05, 3.63) is 58.8 Å². The molecule has 4 nitrogen and oxygen atoms in total. The fourth-order valence-corrected chi connectivity index (χ4v) is 2.22. The van der Waals surface area contributed by atoms with Gasteiger partial charge in [0, 0.05) is 5.56 Å². The number of hydrogen-bond donors (Lipinski definition) is 1. The van der Waals surface area contributed by atoms with Gasteiger partial charge in [-0.1, -0.05) is 17.3 Å². The van der Waals surface area contributed by atoms with Crippen LogP contribution in [0.3, 0.4) is 0 Å². The van der Waals surface area contributed by atoms with E-state index in [0.29, 0.717) is 33.4 Å². The van der Waals surface area contributed by atoms with Gasteiger partial charge in [-0.25, -0.2) is 0 Å². The van der Waals surface area contributed by atoms with Crippen molar-refractivity contribution in [1.29, 1.82) is 0 Å². The molecule has 1 heterocycles. The van der Waals surface area contributed by atoms with Crippen LogP contribution >= 0.6 is 0 Å². The van der Waals surface area contributed by atoms with E-state index in [4.69, 9.17) is 4.52 Å². The minimum atomic E-state index is -0.199. The number of aromatic hydroxyl groups is 1. The summed E-state index contributed by atoms with van der Waals surface area (Å²) in [5.41, 5.74) is 2.79. The quantitative estimate of drug-likeness (QED) is 0.723. The zero-order chi connectivity index (χ0) is 14.3. The second-order valence-electron chi connectivity index (χ2n) is 4.81. The molecule has 0 fully saturated rings. The Morgan fingerprint density at radius 1 is 1.15 bits per heavy atom. The Morgan fingerprint density at radius 2 is 1.90 bits per heavy atom. The Labute approximate surface area is 115 Å². The molecule has 0 saturated carbocycles. The van der Waals surface area contributed by atoms with E-state index in [9.17, 15) is 9.90 Å². The zero-order valence-corrected chi connectivity index (χ0v) is 11.2. The number of aryl methyl sites for hydroxylation is 2. The Balaban J connectivity index is 2.16. The van der Waals surface area contributed by atoms with Gasteiger partial charge in [0.2, 0.25) is 5.78 Å². The lowest BCUT2D eigenvalue weighted by Gasteiger charge is -2.06. The molecule has 0 bridgehead atoms. The molecule has 0 saturated heterocycles. The van der Waals surface area contributed by atoms with Crippen LogP contribution in [-0.2, 0) is 0 Å². The SMILES string of the molecule is Cc1cc(C(=O)c2noc3ccccc23)c(C)cc1O. The number of rotatable bonds is 2. The van der Waals surface area contributed by atoms with Gasteiger partial charge < -0.3 is 9.63 Å². The summed E-state index contributed by atoms with van der Waals surface area (Å²) >= 11 is 0. The number of carbonyl (C=O) groups is 1. The van der Waals surface area contributed by atoms with Crippen LogP contribution in [-0.4, -0.2) is 16.0 Å². The largest absolute Gasteiger partial charge is 0.508 e. The standard InChI is InChI=1S/C16H13NO3/c1-9-8-13(18)10(2)7-12(9)16(19)15-11-5-3-4-6-14(11)20-17-15/h3-8,18H,1-2H3. The predicted octanol–water partition coefficient (Wildman–Crippen LogP) is 3.38. The fraction of sp³-hybridized carbons (Fsp3) is 0.125. The number of ketones is 1. The molecule has 0 amide bonds. The van der Waals surface area contributed by atoms with Crippen molar-refractivity contribution in [2.45, 2.75) is 13.8 Å². The lowest BCUT2D eigenvalue weighted by molar-refractivity contribution is 0.103. The van der Waals surface area contributed by atoms with Crippen molar-refractivity contribution in [3.63, 3.8) is 0 Å². The number of fused-ring (bicyclic) bond motifs is 1. The Hall–Kier alpha value is -2.62. The Bertz CT molecular complexity index is 818. The molecule has 1 N–H and O–H groups in total. The topological polar surface area (TPSA) is 63.3 Å². The maximum Gasteiger partial charge on any atom is 0.215 e. The highest BCUT2D eigenvalue weighted by molar-refractivity contribution is 6.15. The lowest BCUT2D eigenvalue weighted by atomic mass is 9.98. The van der Waals surface area contributed by atoms with Gasteiger partial charge in [-0.15, -0.1) is 0 Å². The molecular weight excluding hydrogens is 254 g/mol. The number of aromatic nitrogens is 1. The molecule has 20 heavy (non-hydrogen) atoms. The van der Waals surface area contributed by atoms with E-state index in [1.54, 1.807) is 32.0 Å². The van der Waals surface area contributed by atoms with Crippen molar-refractivity contribution in [2.75, 3.05) is 0 Å². The molecule has 0 aliphatic carbocycles. The third-order valence-electron chi connectivity index (χ3n) is 3.38. The second kappa shape index (κ2) is 4.49. The van der Waals surface area contributed by atoms with Crippen LogP contribution in [0.5, 0.6) is 5.75 Å². The molecule has 0 aliphatic rings. The Morgan fingerprint density at radius 3 is 2.70 bits per heavy atom. The van der Waals surface area contributed by atoms with E-state index in [0.717, 1.165) is 0 Å². The summed E-state index contributed by atoms with van der Waals surface area (Å²) in [6.07, 6.45) is 0. The Kier molecular flexibility index (Phi) is 2.79. The number of phenolic OH excluding ortho intramolecular Hbond substituents is 1. The normalized spacial score (nSPS) is 10.9. The van der Waals surface area contributed by atoms with Crippen LogP contribution in [0.4, 0.5) is 0 Å². The van der Waals surface area contributed by atoms with Crippen molar-refractivity contribution in [2.24, 2.45) is 0 Å². The molecule has 100 valence electrons. The molecule has 4 heteroatoms. The highest BCUT2D eigenvalue weighted by Gasteiger charge is 2.20. The number of hydrogen-bond acceptors (Lipinski definition) is 4. The van der Waals surface area contributed by atoms with Crippen LogP contribution in [0.2, 0.25) is 0 Å². The summed E-state index contributed by atoms with van der Waals surface area (Å²) < 4.78 is 5.17. The van der Waals surface area contributed by atoms with E-state index in [1.165, 1.54) is 0 Å². The molecule has 0 aliphatic heterocycles. The smallest absolute Gasteiger partial charge is 0.215 e. The third-order valence-corrected chi connectivity index (χ3v) is 3.38. The first-order chi connectivity index (χ1) is 9.58. The van der Waals surface area contributed by atoms with Crippen molar-refractivity contribution < 1.29 is 14.4 Å². The molecule has 0 spiro atoms. The van der Waals surface area contributed by atoms with Crippen molar-refractivity contribution in [1.82, 2.24) is 5.16 Å². The average Bonchev–Trinajstić information content (AvgIpc) is 2.86. The first-order valence-electron chi connectivity index (χ1n) is 6.27. The average molecular weight is 267 g/mol. The summed E-state index contributed by atoms with van der Waals surface area (Å²) in [6, 6.07) is 10.5. The minimum absolute atomic E-state index is 0.184. The van der Waals surface area contributed by atoms with Crippen molar-refractivity contribution >= 4 is 16.8 Å². The van der Waals surface area contributed by atoms with E-state index in [1.807, 2.05) is 18.2 Å². The number of para-hydroxylation sites is 1. The summed E-state index contributed by atoms with van der Waals surface area (Å²) in [6.45, 7) is 3.54. The van der Waals surface area contributed by atoms with E-state index < -0.39 is 0 Å². The maximum absolute atomic E-state index is 12.6. The van der Waals surface area contributed by atoms with Crippen LogP contribution in [0, 0.1) is 13.8 Å². The summed E-state index contributed by atoms with van der Waals surface area (Å²) in [5, 5.41) is 14.2.